The zero-order chi connectivity index (χ0) is 17.1. The third-order valence-corrected chi connectivity index (χ3v) is 2.26. The van der Waals surface area contributed by atoms with E-state index in [1.165, 1.54) is 6.92 Å². The summed E-state index contributed by atoms with van der Waals surface area (Å²) in [5.41, 5.74) is -4.66. The largest absolute Gasteiger partial charge is 0.574 e. The van der Waals surface area contributed by atoms with Crippen LogP contribution < -0.4 is 10.2 Å². The third kappa shape index (κ3) is 4.67. The maximum atomic E-state index is 12.8. The van der Waals surface area contributed by atoms with Gasteiger partial charge in [-0.25, -0.2) is 0 Å². The number of carbonyl (C=O) groups excluding carboxylic acids is 1. The Labute approximate surface area is 118 Å². The van der Waals surface area contributed by atoms with Gasteiger partial charge in [0.2, 0.25) is 11.3 Å². The molecule has 0 aliphatic carbocycles. The van der Waals surface area contributed by atoms with Gasteiger partial charge in [-0.2, -0.15) is 13.2 Å². The topological polar surface area (TPSA) is 68.4 Å². The molecule has 124 valence electrons. The van der Waals surface area contributed by atoms with Crippen molar-refractivity contribution in [2.24, 2.45) is 0 Å². The first-order valence-electron chi connectivity index (χ1n) is 5.68. The number of aromatic amines is 1. The van der Waals surface area contributed by atoms with Crippen molar-refractivity contribution < 1.29 is 40.6 Å². The average Bonchev–Trinajstić information content (AvgIpc) is 2.29. The second-order valence-corrected chi connectivity index (χ2v) is 3.87. The highest BCUT2D eigenvalue weighted by molar-refractivity contribution is 5.72. The van der Waals surface area contributed by atoms with Gasteiger partial charge in [0, 0.05) is 11.8 Å². The lowest BCUT2D eigenvalue weighted by Gasteiger charge is -2.15. The SMILES string of the molecule is CCOC(=O)Cc1c[nH]c(OC(F)(F)F)c(C(F)(F)F)c1=O. The molecule has 0 spiro atoms. The summed E-state index contributed by atoms with van der Waals surface area (Å²) < 4.78 is 82.1. The van der Waals surface area contributed by atoms with Gasteiger partial charge in [0.25, 0.3) is 0 Å². The van der Waals surface area contributed by atoms with Crippen molar-refractivity contribution in [3.63, 3.8) is 0 Å². The van der Waals surface area contributed by atoms with Crippen molar-refractivity contribution in [1.29, 1.82) is 0 Å². The average molecular weight is 333 g/mol. The van der Waals surface area contributed by atoms with Crippen LogP contribution in [0.3, 0.4) is 0 Å². The fraction of sp³-hybridized carbons (Fsp3) is 0.455. The van der Waals surface area contributed by atoms with Crippen molar-refractivity contribution in [3.8, 4) is 5.88 Å². The quantitative estimate of drug-likeness (QED) is 0.679. The maximum Gasteiger partial charge on any atom is 0.574 e. The first-order chi connectivity index (χ1) is 9.95. The van der Waals surface area contributed by atoms with Crippen LogP contribution in [-0.4, -0.2) is 23.9 Å². The first-order valence-corrected chi connectivity index (χ1v) is 5.68. The van der Waals surface area contributed by atoms with Gasteiger partial charge in [-0.1, -0.05) is 0 Å². The van der Waals surface area contributed by atoms with Crippen LogP contribution in [0.15, 0.2) is 11.0 Å². The van der Waals surface area contributed by atoms with Crippen LogP contribution in [-0.2, 0) is 22.1 Å². The number of H-pyrrole nitrogens is 1. The van der Waals surface area contributed by atoms with Gasteiger partial charge in [0.15, 0.2) is 5.56 Å². The molecule has 5 nitrogen and oxygen atoms in total. The number of pyridine rings is 1. The Bertz CT molecular complexity index is 604. The Hall–Kier alpha value is -2.20. The van der Waals surface area contributed by atoms with Crippen molar-refractivity contribution in [3.05, 3.63) is 27.5 Å². The number of alkyl halides is 6. The molecule has 0 bridgehead atoms. The van der Waals surface area contributed by atoms with Crippen molar-refractivity contribution in [1.82, 2.24) is 4.98 Å². The molecule has 0 atom stereocenters. The van der Waals surface area contributed by atoms with Gasteiger partial charge in [0.1, 0.15) is 0 Å². The van der Waals surface area contributed by atoms with E-state index in [2.05, 4.69) is 9.47 Å². The minimum absolute atomic E-state index is 0.0713. The number of aromatic nitrogens is 1. The van der Waals surface area contributed by atoms with Gasteiger partial charge < -0.3 is 14.5 Å². The first kappa shape index (κ1) is 17.9. The highest BCUT2D eigenvalue weighted by Gasteiger charge is 2.42. The van der Waals surface area contributed by atoms with Crippen LogP contribution >= 0.6 is 0 Å². The van der Waals surface area contributed by atoms with E-state index in [1.54, 1.807) is 4.98 Å². The summed E-state index contributed by atoms with van der Waals surface area (Å²) in [7, 11) is 0. The molecule has 1 rings (SSSR count). The van der Waals surface area contributed by atoms with Crippen LogP contribution in [0, 0.1) is 0 Å². The maximum absolute atomic E-state index is 12.8. The lowest BCUT2D eigenvalue weighted by molar-refractivity contribution is -0.278. The van der Waals surface area contributed by atoms with Gasteiger partial charge in [0.05, 0.1) is 13.0 Å². The number of carbonyl (C=O) groups is 1. The van der Waals surface area contributed by atoms with Gasteiger partial charge in [-0.15, -0.1) is 13.2 Å². The Morgan fingerprint density at radius 3 is 2.27 bits per heavy atom. The van der Waals surface area contributed by atoms with Crippen molar-refractivity contribution >= 4 is 5.97 Å². The van der Waals surface area contributed by atoms with E-state index >= 15 is 0 Å². The van der Waals surface area contributed by atoms with E-state index in [4.69, 9.17) is 0 Å². The standard InChI is InChI=1S/C11H9F6NO4/c1-2-21-6(19)3-5-4-18-9(22-11(15,16)17)7(8(5)20)10(12,13)14/h4H,2-3H2,1H3,(H,18,20). The van der Waals surface area contributed by atoms with Crippen LogP contribution in [0.5, 0.6) is 5.88 Å². The molecule has 0 fully saturated rings. The van der Waals surface area contributed by atoms with Crippen LogP contribution in [0.1, 0.15) is 18.1 Å². The lowest BCUT2D eigenvalue weighted by atomic mass is 10.1. The van der Waals surface area contributed by atoms with Crippen LogP contribution in [0.4, 0.5) is 26.3 Å². The monoisotopic (exact) mass is 333 g/mol. The minimum atomic E-state index is -5.43. The molecule has 0 radical (unpaired) electrons. The summed E-state index contributed by atoms with van der Waals surface area (Å²) in [4.78, 5) is 24.4. The summed E-state index contributed by atoms with van der Waals surface area (Å²) in [5.74, 6) is -2.79. The van der Waals surface area contributed by atoms with E-state index in [0.717, 1.165) is 0 Å². The second kappa shape index (κ2) is 6.28. The normalized spacial score (nSPS) is 12.1. The number of ether oxygens (including phenoxy) is 2. The van der Waals surface area contributed by atoms with E-state index in [0.29, 0.717) is 6.20 Å². The zero-order valence-electron chi connectivity index (χ0n) is 10.9. The molecular weight excluding hydrogens is 324 g/mol. The molecule has 1 N–H and O–H groups in total. The Morgan fingerprint density at radius 2 is 1.82 bits per heavy atom. The number of rotatable bonds is 4. The molecule has 1 heterocycles. The Kier molecular flexibility index (Phi) is 5.09. The van der Waals surface area contributed by atoms with Crippen LogP contribution in [0.2, 0.25) is 0 Å². The Balaban J connectivity index is 3.33. The van der Waals surface area contributed by atoms with Crippen molar-refractivity contribution in [2.45, 2.75) is 25.9 Å². The molecule has 22 heavy (non-hydrogen) atoms. The van der Waals surface area contributed by atoms with E-state index < -0.39 is 47.4 Å². The summed E-state index contributed by atoms with van der Waals surface area (Å²) in [6.07, 6.45) is -11.1. The highest BCUT2D eigenvalue weighted by Crippen LogP contribution is 2.34. The van der Waals surface area contributed by atoms with E-state index in [1.807, 2.05) is 0 Å². The van der Waals surface area contributed by atoms with E-state index in [-0.39, 0.29) is 6.61 Å². The molecule has 0 aliphatic heterocycles. The molecule has 0 saturated carbocycles. The fourth-order valence-electron chi connectivity index (χ4n) is 1.51. The second-order valence-electron chi connectivity index (χ2n) is 3.87. The minimum Gasteiger partial charge on any atom is -0.466 e. The third-order valence-electron chi connectivity index (χ3n) is 2.26. The smallest absolute Gasteiger partial charge is 0.466 e. The van der Waals surface area contributed by atoms with Gasteiger partial charge in [-0.05, 0) is 6.92 Å². The van der Waals surface area contributed by atoms with E-state index in [9.17, 15) is 35.9 Å². The van der Waals surface area contributed by atoms with Gasteiger partial charge in [-0.3, -0.25) is 9.59 Å². The molecule has 0 unspecified atom stereocenters. The number of hydrogen-bond acceptors (Lipinski definition) is 4. The molecule has 0 amide bonds. The molecular formula is C11H9F6NO4. The summed E-state index contributed by atoms with van der Waals surface area (Å²) in [6, 6.07) is 0. The highest BCUT2D eigenvalue weighted by atomic mass is 19.4. The Morgan fingerprint density at radius 1 is 1.23 bits per heavy atom. The fourth-order valence-corrected chi connectivity index (χ4v) is 1.51. The zero-order valence-corrected chi connectivity index (χ0v) is 10.9. The van der Waals surface area contributed by atoms with Crippen LogP contribution in [0.25, 0.3) is 0 Å². The summed E-state index contributed by atoms with van der Waals surface area (Å²) in [6.45, 7) is 1.36. The summed E-state index contributed by atoms with van der Waals surface area (Å²) >= 11 is 0. The summed E-state index contributed by atoms with van der Waals surface area (Å²) in [5, 5.41) is 0. The predicted octanol–water partition coefficient (Wildman–Crippen LogP) is 2.40. The number of halogens is 6. The number of esters is 1. The molecule has 1 aromatic heterocycles. The molecule has 1 aromatic rings. The molecule has 0 aliphatic rings. The number of nitrogens with one attached hydrogen (secondary N) is 1. The van der Waals surface area contributed by atoms with Gasteiger partial charge >= 0.3 is 18.5 Å². The van der Waals surface area contributed by atoms with Crippen molar-refractivity contribution in [2.75, 3.05) is 6.61 Å². The molecule has 11 heteroatoms. The predicted molar refractivity (Wildman–Crippen MR) is 59.1 cm³/mol. The lowest BCUT2D eigenvalue weighted by Crippen LogP contribution is -2.29. The number of hydrogen-bond donors (Lipinski definition) is 1. The molecule has 0 saturated heterocycles. The molecule has 0 aromatic carbocycles.